The summed E-state index contributed by atoms with van der Waals surface area (Å²) in [4.78, 5) is 12.0. The van der Waals surface area contributed by atoms with Gasteiger partial charge in [-0.2, -0.15) is 0 Å². The molecule has 0 radical (unpaired) electrons. The second kappa shape index (κ2) is 4.83. The largest absolute Gasteiger partial charge is 0.496 e. The first-order valence-corrected chi connectivity index (χ1v) is 6.42. The van der Waals surface area contributed by atoms with E-state index in [0.29, 0.717) is 11.7 Å². The first kappa shape index (κ1) is 13.8. The maximum absolute atomic E-state index is 13.9. The van der Waals surface area contributed by atoms with Gasteiger partial charge in [0.15, 0.2) is 0 Å². The number of ether oxygens (including phenoxy) is 2. The Morgan fingerprint density at radius 3 is 2.42 bits per heavy atom. The van der Waals surface area contributed by atoms with E-state index in [1.165, 1.54) is 13.2 Å². The number of carbonyl (C=O) groups is 1. The van der Waals surface area contributed by atoms with Crippen LogP contribution in [0.4, 0.5) is 4.39 Å². The smallest absolute Gasteiger partial charge is 0.341 e. The van der Waals surface area contributed by atoms with Crippen molar-refractivity contribution in [1.29, 1.82) is 0 Å². The second-order valence-corrected chi connectivity index (χ2v) is 5.85. The molecule has 0 aromatic heterocycles. The number of esters is 1. The standard InChI is InChI=1S/C15H19FO3/c1-15(2,3)19-14(17)11-7-10(9-5-6-9)13(18-4)8-12(11)16/h7-9H,5-6H2,1-4H3. The van der Waals surface area contributed by atoms with Crippen molar-refractivity contribution in [2.45, 2.75) is 45.1 Å². The highest BCUT2D eigenvalue weighted by Gasteiger charge is 2.30. The van der Waals surface area contributed by atoms with Gasteiger partial charge in [0.05, 0.1) is 12.7 Å². The van der Waals surface area contributed by atoms with Crippen LogP contribution in [0.5, 0.6) is 5.75 Å². The molecular formula is C15H19FO3. The van der Waals surface area contributed by atoms with E-state index >= 15 is 0 Å². The summed E-state index contributed by atoms with van der Waals surface area (Å²) in [5.41, 5.74) is 0.241. The number of carbonyl (C=O) groups excluding carboxylic acids is 1. The van der Waals surface area contributed by atoms with E-state index in [2.05, 4.69) is 0 Å². The minimum Gasteiger partial charge on any atom is -0.496 e. The van der Waals surface area contributed by atoms with E-state index < -0.39 is 17.4 Å². The molecule has 0 spiro atoms. The Bertz CT molecular complexity index is 499. The van der Waals surface area contributed by atoms with E-state index in [4.69, 9.17) is 9.47 Å². The summed E-state index contributed by atoms with van der Waals surface area (Å²) in [5.74, 6) is -0.353. The van der Waals surface area contributed by atoms with Crippen LogP contribution in [-0.2, 0) is 4.74 Å². The average molecular weight is 266 g/mol. The Kier molecular flexibility index (Phi) is 3.52. The predicted molar refractivity (Wildman–Crippen MR) is 70.1 cm³/mol. The molecule has 0 aliphatic heterocycles. The van der Waals surface area contributed by atoms with Crippen molar-refractivity contribution in [3.63, 3.8) is 0 Å². The molecule has 1 aromatic rings. The quantitative estimate of drug-likeness (QED) is 0.783. The Morgan fingerprint density at radius 1 is 1.32 bits per heavy atom. The number of halogens is 1. The maximum Gasteiger partial charge on any atom is 0.341 e. The van der Waals surface area contributed by atoms with Crippen LogP contribution in [0.1, 0.15) is 55.5 Å². The van der Waals surface area contributed by atoms with Crippen LogP contribution < -0.4 is 4.74 Å². The van der Waals surface area contributed by atoms with Crippen LogP contribution in [0.15, 0.2) is 12.1 Å². The number of rotatable bonds is 3. The number of benzene rings is 1. The molecule has 1 aliphatic rings. The highest BCUT2D eigenvalue weighted by molar-refractivity contribution is 5.90. The fraction of sp³-hybridized carbons (Fsp3) is 0.533. The summed E-state index contributed by atoms with van der Waals surface area (Å²) >= 11 is 0. The van der Waals surface area contributed by atoms with Crippen molar-refractivity contribution < 1.29 is 18.7 Å². The van der Waals surface area contributed by atoms with Crippen LogP contribution in [0, 0.1) is 5.82 Å². The fourth-order valence-corrected chi connectivity index (χ4v) is 1.95. The third-order valence-electron chi connectivity index (χ3n) is 2.96. The van der Waals surface area contributed by atoms with Gasteiger partial charge in [-0.05, 0) is 51.2 Å². The van der Waals surface area contributed by atoms with Crippen molar-refractivity contribution >= 4 is 5.97 Å². The van der Waals surface area contributed by atoms with Crippen LogP contribution in [0.3, 0.4) is 0 Å². The molecule has 19 heavy (non-hydrogen) atoms. The highest BCUT2D eigenvalue weighted by atomic mass is 19.1. The Morgan fingerprint density at radius 2 is 1.95 bits per heavy atom. The third kappa shape index (κ3) is 3.25. The molecule has 0 N–H and O–H groups in total. The topological polar surface area (TPSA) is 35.5 Å². The summed E-state index contributed by atoms with van der Waals surface area (Å²) in [6.07, 6.45) is 2.10. The zero-order valence-electron chi connectivity index (χ0n) is 11.7. The van der Waals surface area contributed by atoms with Crippen molar-refractivity contribution in [2.75, 3.05) is 7.11 Å². The Labute approximate surface area is 112 Å². The molecular weight excluding hydrogens is 247 g/mol. The highest BCUT2D eigenvalue weighted by Crippen LogP contribution is 2.45. The molecule has 1 saturated carbocycles. The van der Waals surface area contributed by atoms with E-state index in [1.807, 2.05) is 0 Å². The lowest BCUT2D eigenvalue weighted by atomic mass is 10.0. The zero-order chi connectivity index (χ0) is 14.2. The van der Waals surface area contributed by atoms with Gasteiger partial charge < -0.3 is 9.47 Å². The zero-order valence-corrected chi connectivity index (χ0v) is 11.7. The van der Waals surface area contributed by atoms with Crippen LogP contribution in [0.2, 0.25) is 0 Å². The number of hydrogen-bond donors (Lipinski definition) is 0. The van der Waals surface area contributed by atoms with E-state index in [9.17, 15) is 9.18 Å². The van der Waals surface area contributed by atoms with Gasteiger partial charge in [0.2, 0.25) is 0 Å². The minimum absolute atomic E-state index is 0.0161. The molecule has 1 fully saturated rings. The summed E-state index contributed by atoms with van der Waals surface area (Å²) in [6, 6.07) is 2.84. The fourth-order valence-electron chi connectivity index (χ4n) is 1.95. The van der Waals surface area contributed by atoms with Gasteiger partial charge in [-0.15, -0.1) is 0 Å². The summed E-state index contributed by atoms with van der Waals surface area (Å²) in [5, 5.41) is 0. The molecule has 0 saturated heterocycles. The van der Waals surface area contributed by atoms with Gasteiger partial charge >= 0.3 is 5.97 Å². The first-order valence-electron chi connectivity index (χ1n) is 6.42. The molecule has 0 amide bonds. The van der Waals surface area contributed by atoms with Crippen LogP contribution in [0.25, 0.3) is 0 Å². The molecule has 1 aromatic carbocycles. The van der Waals surface area contributed by atoms with Crippen LogP contribution >= 0.6 is 0 Å². The number of hydrogen-bond acceptors (Lipinski definition) is 3. The summed E-state index contributed by atoms with van der Waals surface area (Å²) in [6.45, 7) is 5.27. The van der Waals surface area contributed by atoms with Gasteiger partial charge in [-0.1, -0.05) is 0 Å². The third-order valence-corrected chi connectivity index (χ3v) is 2.96. The van der Waals surface area contributed by atoms with Gasteiger partial charge in [-0.3, -0.25) is 0 Å². The predicted octanol–water partition coefficient (Wildman–Crippen LogP) is 3.67. The van der Waals surface area contributed by atoms with Gasteiger partial charge in [-0.25, -0.2) is 9.18 Å². The average Bonchev–Trinajstić information content (AvgIpc) is 3.09. The summed E-state index contributed by atoms with van der Waals surface area (Å²) in [7, 11) is 1.51. The van der Waals surface area contributed by atoms with E-state index in [-0.39, 0.29) is 5.56 Å². The molecule has 0 bridgehead atoms. The van der Waals surface area contributed by atoms with Crippen molar-refractivity contribution in [3.05, 3.63) is 29.1 Å². The molecule has 0 heterocycles. The SMILES string of the molecule is COc1cc(F)c(C(=O)OC(C)(C)C)cc1C1CC1. The van der Waals surface area contributed by atoms with E-state index in [1.54, 1.807) is 26.8 Å². The second-order valence-electron chi connectivity index (χ2n) is 5.85. The van der Waals surface area contributed by atoms with Gasteiger partial charge in [0.1, 0.15) is 17.2 Å². The number of methoxy groups -OCH3 is 1. The van der Waals surface area contributed by atoms with Gasteiger partial charge in [0, 0.05) is 6.07 Å². The molecule has 4 heteroatoms. The molecule has 2 rings (SSSR count). The minimum atomic E-state index is -0.636. The van der Waals surface area contributed by atoms with Gasteiger partial charge in [0.25, 0.3) is 0 Å². The van der Waals surface area contributed by atoms with Crippen LogP contribution in [-0.4, -0.2) is 18.7 Å². The lowest BCUT2D eigenvalue weighted by Gasteiger charge is -2.20. The first-order chi connectivity index (χ1) is 8.81. The molecule has 3 nitrogen and oxygen atoms in total. The monoisotopic (exact) mass is 266 g/mol. The lowest BCUT2D eigenvalue weighted by molar-refractivity contribution is 0.00646. The molecule has 104 valence electrons. The molecule has 0 atom stereocenters. The van der Waals surface area contributed by atoms with Crippen molar-refractivity contribution in [1.82, 2.24) is 0 Å². The Balaban J connectivity index is 2.35. The summed E-state index contributed by atoms with van der Waals surface area (Å²) < 4.78 is 24.3. The van der Waals surface area contributed by atoms with E-state index in [0.717, 1.165) is 18.4 Å². The molecule has 1 aliphatic carbocycles. The maximum atomic E-state index is 13.9. The van der Waals surface area contributed by atoms with Crippen molar-refractivity contribution in [3.8, 4) is 5.75 Å². The normalized spacial score (nSPS) is 15.2. The lowest BCUT2D eigenvalue weighted by Crippen LogP contribution is -2.24. The van der Waals surface area contributed by atoms with Crippen molar-refractivity contribution in [2.24, 2.45) is 0 Å². The Hall–Kier alpha value is -1.58. The molecule has 0 unspecified atom stereocenters.